The number of aliphatic hydroxyl groups excluding tert-OH is 1. The van der Waals surface area contributed by atoms with Gasteiger partial charge in [-0.1, -0.05) is 0 Å². The van der Waals surface area contributed by atoms with Gasteiger partial charge in [-0.25, -0.2) is 4.79 Å². The summed E-state index contributed by atoms with van der Waals surface area (Å²) in [4.78, 5) is 20.9. The largest absolute Gasteiger partial charge is 0.481 e. The number of aliphatic hydroxyl groups is 1. The van der Waals surface area contributed by atoms with Crippen LogP contribution in [-0.2, 0) is 9.59 Å². The molecule has 0 radical (unpaired) electrons. The number of aliphatic carboxylic acids is 2. The molecule has 0 unspecified atom stereocenters. The van der Waals surface area contributed by atoms with E-state index in [0.29, 0.717) is 0 Å². The molecule has 0 amide bonds. The van der Waals surface area contributed by atoms with E-state index in [0.717, 1.165) is 6.08 Å². The molecule has 0 saturated carbocycles. The van der Waals surface area contributed by atoms with Gasteiger partial charge in [-0.3, -0.25) is 4.79 Å². The number of carboxylic acids is 2. The monoisotopic (exact) mass is 172 g/mol. The van der Waals surface area contributed by atoms with Gasteiger partial charge in [0, 0.05) is 5.57 Å². The Bertz CT molecular complexity index is 255. The molecule has 1 rings (SSSR count). The molecule has 0 bridgehead atoms. The predicted octanol–water partition coefficient (Wildman–Crippen LogP) is -0.537. The third kappa shape index (κ3) is 1.45. The fourth-order valence-electron chi connectivity index (χ4n) is 1.21. The van der Waals surface area contributed by atoms with E-state index in [1.165, 1.54) is 0 Å². The topological polar surface area (TPSA) is 94.8 Å². The van der Waals surface area contributed by atoms with Gasteiger partial charge in [-0.15, -0.1) is 0 Å². The molecule has 66 valence electrons. The second kappa shape index (κ2) is 2.94. The second-order valence-electron chi connectivity index (χ2n) is 2.62. The quantitative estimate of drug-likeness (QED) is 0.520. The Hall–Kier alpha value is -1.36. The van der Waals surface area contributed by atoms with Crippen molar-refractivity contribution in [2.45, 2.75) is 12.5 Å². The number of hydrogen-bond acceptors (Lipinski definition) is 3. The number of carboxylic acid groups (broad SMARTS) is 2. The van der Waals surface area contributed by atoms with E-state index in [1.54, 1.807) is 0 Å². The molecular weight excluding hydrogens is 164 g/mol. The molecule has 5 nitrogen and oxygen atoms in total. The van der Waals surface area contributed by atoms with Gasteiger partial charge in [-0.05, 0) is 12.5 Å². The first-order valence-electron chi connectivity index (χ1n) is 3.38. The minimum absolute atomic E-state index is 0.0447. The van der Waals surface area contributed by atoms with Crippen molar-refractivity contribution in [1.82, 2.24) is 0 Å². The molecule has 0 aliphatic heterocycles. The zero-order chi connectivity index (χ0) is 9.30. The van der Waals surface area contributed by atoms with E-state index in [1.807, 2.05) is 0 Å². The highest BCUT2D eigenvalue weighted by molar-refractivity contribution is 5.94. The molecule has 0 aromatic heterocycles. The highest BCUT2D eigenvalue weighted by atomic mass is 16.4. The third-order valence-corrected chi connectivity index (χ3v) is 1.77. The number of carbonyl (C=O) groups is 2. The van der Waals surface area contributed by atoms with Gasteiger partial charge in [0.05, 0.1) is 12.0 Å². The maximum absolute atomic E-state index is 10.4. The molecule has 0 fully saturated rings. The lowest BCUT2D eigenvalue weighted by Gasteiger charge is -2.04. The fraction of sp³-hybridized carbons (Fsp3) is 0.429. The Morgan fingerprint density at radius 3 is 2.33 bits per heavy atom. The SMILES string of the molecule is O=C(O)C1=C[C@@H](O)C[C@H]1C(=O)O. The van der Waals surface area contributed by atoms with Crippen molar-refractivity contribution in [3.05, 3.63) is 11.6 Å². The van der Waals surface area contributed by atoms with Gasteiger partial charge >= 0.3 is 11.9 Å². The minimum atomic E-state index is -1.28. The maximum atomic E-state index is 10.4. The Labute approximate surface area is 67.9 Å². The Morgan fingerprint density at radius 1 is 1.42 bits per heavy atom. The van der Waals surface area contributed by atoms with E-state index in [9.17, 15) is 9.59 Å². The third-order valence-electron chi connectivity index (χ3n) is 1.77. The van der Waals surface area contributed by atoms with E-state index < -0.39 is 24.0 Å². The first-order valence-corrected chi connectivity index (χ1v) is 3.38. The normalized spacial score (nSPS) is 28.2. The van der Waals surface area contributed by atoms with Crippen LogP contribution in [0.4, 0.5) is 0 Å². The van der Waals surface area contributed by atoms with Crippen LogP contribution in [0, 0.1) is 5.92 Å². The van der Waals surface area contributed by atoms with Crippen molar-refractivity contribution >= 4 is 11.9 Å². The van der Waals surface area contributed by atoms with Crippen LogP contribution in [-0.4, -0.2) is 33.4 Å². The van der Waals surface area contributed by atoms with Gasteiger partial charge in [0.15, 0.2) is 0 Å². The molecule has 1 aliphatic carbocycles. The summed E-state index contributed by atoms with van der Waals surface area (Å²) in [5.41, 5.74) is -0.227. The molecule has 3 N–H and O–H groups in total. The summed E-state index contributed by atoms with van der Waals surface area (Å²) in [5, 5.41) is 26.0. The van der Waals surface area contributed by atoms with Crippen molar-refractivity contribution in [2.75, 3.05) is 0 Å². The summed E-state index contributed by atoms with van der Waals surface area (Å²) in [6.45, 7) is 0. The maximum Gasteiger partial charge on any atom is 0.332 e. The van der Waals surface area contributed by atoms with Crippen LogP contribution >= 0.6 is 0 Å². The van der Waals surface area contributed by atoms with Gasteiger partial charge in [0.25, 0.3) is 0 Å². The minimum Gasteiger partial charge on any atom is -0.481 e. The molecule has 0 aromatic rings. The smallest absolute Gasteiger partial charge is 0.332 e. The zero-order valence-corrected chi connectivity index (χ0v) is 6.10. The van der Waals surface area contributed by atoms with Crippen LogP contribution in [0.1, 0.15) is 6.42 Å². The Balaban J connectivity index is 2.87. The van der Waals surface area contributed by atoms with E-state index in [4.69, 9.17) is 15.3 Å². The molecule has 0 saturated heterocycles. The molecule has 1 aliphatic rings. The second-order valence-corrected chi connectivity index (χ2v) is 2.62. The van der Waals surface area contributed by atoms with Crippen molar-refractivity contribution in [2.24, 2.45) is 5.92 Å². The van der Waals surface area contributed by atoms with Crippen LogP contribution in [0.25, 0.3) is 0 Å². The van der Waals surface area contributed by atoms with Crippen LogP contribution in [0.3, 0.4) is 0 Å². The first kappa shape index (κ1) is 8.73. The van der Waals surface area contributed by atoms with Crippen molar-refractivity contribution < 1.29 is 24.9 Å². The predicted molar refractivity (Wildman–Crippen MR) is 37.5 cm³/mol. The summed E-state index contributed by atoms with van der Waals surface area (Å²) in [7, 11) is 0. The fourth-order valence-corrected chi connectivity index (χ4v) is 1.21. The highest BCUT2D eigenvalue weighted by Crippen LogP contribution is 2.26. The van der Waals surface area contributed by atoms with Crippen molar-refractivity contribution in [1.29, 1.82) is 0 Å². The zero-order valence-electron chi connectivity index (χ0n) is 6.10. The Kier molecular flexibility index (Phi) is 2.14. The van der Waals surface area contributed by atoms with E-state index >= 15 is 0 Å². The van der Waals surface area contributed by atoms with E-state index in [-0.39, 0.29) is 12.0 Å². The van der Waals surface area contributed by atoms with Crippen LogP contribution in [0.5, 0.6) is 0 Å². The standard InChI is InChI=1S/C7H8O5/c8-3-1-4(6(9)10)5(2-3)7(11)12/h1,3,5,8H,2H2,(H,9,10)(H,11,12)/t3-,5-/m1/s1. The van der Waals surface area contributed by atoms with Crippen LogP contribution < -0.4 is 0 Å². The molecule has 0 heterocycles. The van der Waals surface area contributed by atoms with Gasteiger partial charge in [0.2, 0.25) is 0 Å². The lowest BCUT2D eigenvalue weighted by atomic mass is 10.0. The number of rotatable bonds is 2. The first-order chi connectivity index (χ1) is 5.52. The van der Waals surface area contributed by atoms with Gasteiger partial charge < -0.3 is 15.3 Å². The lowest BCUT2D eigenvalue weighted by Crippen LogP contribution is -2.18. The van der Waals surface area contributed by atoms with Crippen molar-refractivity contribution in [3.8, 4) is 0 Å². The lowest BCUT2D eigenvalue weighted by molar-refractivity contribution is -0.143. The molecule has 12 heavy (non-hydrogen) atoms. The number of hydrogen-bond donors (Lipinski definition) is 3. The van der Waals surface area contributed by atoms with Gasteiger partial charge in [-0.2, -0.15) is 0 Å². The van der Waals surface area contributed by atoms with E-state index in [2.05, 4.69) is 0 Å². The summed E-state index contributed by atoms with van der Waals surface area (Å²) in [6.07, 6.45) is 0.0788. The Morgan fingerprint density at radius 2 is 2.00 bits per heavy atom. The molecule has 0 spiro atoms. The molecule has 0 aromatic carbocycles. The van der Waals surface area contributed by atoms with Crippen LogP contribution in [0.15, 0.2) is 11.6 Å². The molecule has 2 atom stereocenters. The molecule has 5 heteroatoms. The van der Waals surface area contributed by atoms with Crippen molar-refractivity contribution in [3.63, 3.8) is 0 Å². The average Bonchev–Trinajstić information content (AvgIpc) is 2.31. The summed E-state index contributed by atoms with van der Waals surface area (Å²) in [6, 6.07) is 0. The van der Waals surface area contributed by atoms with Gasteiger partial charge in [0.1, 0.15) is 0 Å². The summed E-state index contributed by atoms with van der Waals surface area (Å²) in [5.74, 6) is -3.56. The summed E-state index contributed by atoms with van der Waals surface area (Å²) >= 11 is 0. The average molecular weight is 172 g/mol. The summed E-state index contributed by atoms with van der Waals surface area (Å²) < 4.78 is 0. The highest BCUT2D eigenvalue weighted by Gasteiger charge is 2.34. The molecular formula is C7H8O5. The van der Waals surface area contributed by atoms with Crippen LogP contribution in [0.2, 0.25) is 0 Å².